The van der Waals surface area contributed by atoms with Crippen LogP contribution in [-0.2, 0) is 16.1 Å². The first-order chi connectivity index (χ1) is 9.26. The van der Waals surface area contributed by atoms with Crippen molar-refractivity contribution in [1.29, 1.82) is 0 Å². The lowest BCUT2D eigenvalue weighted by molar-refractivity contribution is -0.193. The predicted octanol–water partition coefficient (Wildman–Crippen LogP) is 1.45. The van der Waals surface area contributed by atoms with Crippen LogP contribution in [0, 0.1) is 0 Å². The van der Waals surface area contributed by atoms with Crippen molar-refractivity contribution in [3.05, 3.63) is 35.9 Å². The summed E-state index contributed by atoms with van der Waals surface area (Å²) in [5.74, 6) is 0.152. The molecule has 3 rings (SSSR count). The highest BCUT2D eigenvalue weighted by Gasteiger charge is 2.54. The second-order valence-electron chi connectivity index (χ2n) is 5.06. The van der Waals surface area contributed by atoms with Gasteiger partial charge in [0.05, 0.1) is 18.5 Å². The molecule has 2 heterocycles. The molecule has 0 radical (unpaired) electrons. The maximum Gasteiger partial charge on any atom is 0.234 e. The Bertz CT molecular complexity index is 462. The van der Waals surface area contributed by atoms with Crippen LogP contribution in [0.4, 0.5) is 0 Å². The van der Waals surface area contributed by atoms with Crippen LogP contribution in [0.3, 0.4) is 0 Å². The van der Waals surface area contributed by atoms with Crippen LogP contribution >= 0.6 is 15.9 Å². The first-order valence-electron chi connectivity index (χ1n) is 6.49. The number of benzene rings is 1. The van der Waals surface area contributed by atoms with Gasteiger partial charge in [-0.15, -0.1) is 0 Å². The number of hydrogen-bond donors (Lipinski definition) is 0. The van der Waals surface area contributed by atoms with Gasteiger partial charge in [0, 0.05) is 19.6 Å². The van der Waals surface area contributed by atoms with Gasteiger partial charge in [-0.3, -0.25) is 9.69 Å². The van der Waals surface area contributed by atoms with Crippen molar-refractivity contribution in [2.45, 2.75) is 12.2 Å². The average Bonchev–Trinajstić information content (AvgIpc) is 2.78. The number of ether oxygens (including phenoxy) is 1. The SMILES string of the molecule is O=C(CBr)N1CCN(Cc2ccccc2)C12COC2. The van der Waals surface area contributed by atoms with Crippen LogP contribution in [-0.4, -0.2) is 53.0 Å². The Morgan fingerprint density at radius 1 is 1.26 bits per heavy atom. The Morgan fingerprint density at radius 3 is 2.58 bits per heavy atom. The number of carbonyl (C=O) groups excluding carboxylic acids is 1. The van der Waals surface area contributed by atoms with Crippen LogP contribution in [0.2, 0.25) is 0 Å². The number of nitrogens with zero attached hydrogens (tertiary/aromatic N) is 2. The molecule has 0 bridgehead atoms. The lowest BCUT2D eigenvalue weighted by atomic mass is 10.1. The van der Waals surface area contributed by atoms with E-state index in [0.29, 0.717) is 18.5 Å². The highest BCUT2D eigenvalue weighted by Crippen LogP contribution is 2.35. The highest BCUT2D eigenvalue weighted by atomic mass is 79.9. The van der Waals surface area contributed by atoms with Crippen LogP contribution in [0.25, 0.3) is 0 Å². The first-order valence-corrected chi connectivity index (χ1v) is 7.61. The highest BCUT2D eigenvalue weighted by molar-refractivity contribution is 9.09. The number of halogens is 1. The lowest BCUT2D eigenvalue weighted by Crippen LogP contribution is -2.67. The summed E-state index contributed by atoms with van der Waals surface area (Å²) < 4.78 is 5.40. The van der Waals surface area contributed by atoms with E-state index >= 15 is 0 Å². The standard InChI is InChI=1S/C14H17BrN2O2/c15-8-13(18)17-7-6-16(14(17)10-19-11-14)9-12-4-2-1-3-5-12/h1-5H,6-11H2. The third kappa shape index (κ3) is 2.20. The van der Waals surface area contributed by atoms with Crippen molar-refractivity contribution in [3.63, 3.8) is 0 Å². The van der Waals surface area contributed by atoms with E-state index in [1.54, 1.807) is 0 Å². The Kier molecular flexibility index (Phi) is 3.60. The zero-order chi connectivity index (χ0) is 13.3. The summed E-state index contributed by atoms with van der Waals surface area (Å²) in [6.07, 6.45) is 0. The van der Waals surface area contributed by atoms with Crippen LogP contribution in [0.15, 0.2) is 30.3 Å². The van der Waals surface area contributed by atoms with Gasteiger partial charge >= 0.3 is 0 Å². The van der Waals surface area contributed by atoms with Gasteiger partial charge in [-0.1, -0.05) is 46.3 Å². The molecule has 0 N–H and O–H groups in total. The number of rotatable bonds is 3. The molecule has 1 amide bonds. The van der Waals surface area contributed by atoms with Gasteiger partial charge in [0.25, 0.3) is 0 Å². The number of carbonyl (C=O) groups is 1. The van der Waals surface area contributed by atoms with E-state index in [0.717, 1.165) is 19.6 Å². The summed E-state index contributed by atoms with van der Waals surface area (Å²) >= 11 is 3.27. The molecular weight excluding hydrogens is 308 g/mol. The molecule has 0 saturated carbocycles. The van der Waals surface area contributed by atoms with Crippen molar-refractivity contribution in [1.82, 2.24) is 9.80 Å². The molecule has 0 aromatic heterocycles. The summed E-state index contributed by atoms with van der Waals surface area (Å²) in [6, 6.07) is 10.4. The fourth-order valence-electron chi connectivity index (χ4n) is 2.89. The molecule has 1 aromatic rings. The minimum Gasteiger partial charge on any atom is -0.374 e. The molecule has 2 aliphatic heterocycles. The largest absolute Gasteiger partial charge is 0.374 e. The molecular formula is C14H17BrN2O2. The second-order valence-corrected chi connectivity index (χ2v) is 5.62. The van der Waals surface area contributed by atoms with E-state index in [2.05, 4.69) is 45.1 Å². The summed E-state index contributed by atoms with van der Waals surface area (Å²) in [5.41, 5.74) is 1.07. The van der Waals surface area contributed by atoms with Gasteiger partial charge in [0.2, 0.25) is 5.91 Å². The average molecular weight is 325 g/mol. The van der Waals surface area contributed by atoms with Gasteiger partial charge in [0.15, 0.2) is 0 Å². The number of amides is 1. The van der Waals surface area contributed by atoms with Gasteiger partial charge in [-0.05, 0) is 5.56 Å². The minimum atomic E-state index is -0.208. The Hall–Kier alpha value is -0.910. The predicted molar refractivity (Wildman–Crippen MR) is 75.9 cm³/mol. The van der Waals surface area contributed by atoms with Gasteiger partial charge in [0.1, 0.15) is 5.66 Å². The Balaban J connectivity index is 1.78. The zero-order valence-corrected chi connectivity index (χ0v) is 12.3. The molecule has 2 fully saturated rings. The van der Waals surface area contributed by atoms with Crippen molar-refractivity contribution >= 4 is 21.8 Å². The summed E-state index contributed by atoms with van der Waals surface area (Å²) in [7, 11) is 0. The summed E-state index contributed by atoms with van der Waals surface area (Å²) in [6.45, 7) is 3.82. The van der Waals surface area contributed by atoms with Crippen molar-refractivity contribution in [3.8, 4) is 0 Å². The van der Waals surface area contributed by atoms with Crippen molar-refractivity contribution in [2.75, 3.05) is 31.6 Å². The maximum atomic E-state index is 12.0. The quantitative estimate of drug-likeness (QED) is 0.789. The molecule has 1 aromatic carbocycles. The van der Waals surface area contributed by atoms with E-state index in [-0.39, 0.29) is 11.6 Å². The second kappa shape index (κ2) is 5.23. The topological polar surface area (TPSA) is 32.8 Å². The first kappa shape index (κ1) is 13.1. The molecule has 2 aliphatic rings. The summed E-state index contributed by atoms with van der Waals surface area (Å²) in [5, 5.41) is 0.383. The molecule has 2 saturated heterocycles. The van der Waals surface area contributed by atoms with Crippen LogP contribution in [0.5, 0.6) is 0 Å². The van der Waals surface area contributed by atoms with Gasteiger partial charge < -0.3 is 9.64 Å². The van der Waals surface area contributed by atoms with E-state index in [4.69, 9.17) is 4.74 Å². The minimum absolute atomic E-state index is 0.152. The number of alkyl halides is 1. The fourth-order valence-corrected chi connectivity index (χ4v) is 3.19. The zero-order valence-electron chi connectivity index (χ0n) is 10.7. The molecule has 0 aliphatic carbocycles. The molecule has 19 heavy (non-hydrogen) atoms. The van der Waals surface area contributed by atoms with Crippen LogP contribution in [0.1, 0.15) is 5.56 Å². The molecule has 102 valence electrons. The molecule has 5 heteroatoms. The van der Waals surface area contributed by atoms with Crippen molar-refractivity contribution in [2.24, 2.45) is 0 Å². The molecule has 0 atom stereocenters. The van der Waals surface area contributed by atoms with E-state index in [1.165, 1.54) is 5.56 Å². The van der Waals surface area contributed by atoms with E-state index in [9.17, 15) is 4.79 Å². The summed E-state index contributed by atoms with van der Waals surface area (Å²) in [4.78, 5) is 16.4. The fraction of sp³-hybridized carbons (Fsp3) is 0.500. The monoisotopic (exact) mass is 324 g/mol. The smallest absolute Gasteiger partial charge is 0.234 e. The third-order valence-corrected chi connectivity index (χ3v) is 4.46. The Morgan fingerprint density at radius 2 is 2.00 bits per heavy atom. The lowest BCUT2D eigenvalue weighted by Gasteiger charge is -2.49. The van der Waals surface area contributed by atoms with Crippen molar-refractivity contribution < 1.29 is 9.53 Å². The molecule has 1 spiro atoms. The van der Waals surface area contributed by atoms with Crippen LogP contribution < -0.4 is 0 Å². The Labute approximate surface area is 121 Å². The van der Waals surface area contributed by atoms with E-state index < -0.39 is 0 Å². The number of hydrogen-bond acceptors (Lipinski definition) is 3. The maximum absolute atomic E-state index is 12.0. The molecule has 4 nitrogen and oxygen atoms in total. The van der Waals surface area contributed by atoms with Gasteiger partial charge in [-0.2, -0.15) is 0 Å². The van der Waals surface area contributed by atoms with E-state index in [1.807, 2.05) is 11.0 Å². The molecule has 0 unspecified atom stereocenters. The van der Waals surface area contributed by atoms with Gasteiger partial charge in [-0.25, -0.2) is 0 Å². The third-order valence-electron chi connectivity index (χ3n) is 3.98. The normalized spacial score (nSPS) is 21.6.